The van der Waals surface area contributed by atoms with Gasteiger partial charge in [0.25, 0.3) is 0 Å². The molecule has 0 amide bonds. The molecule has 9 aromatic rings. The fourth-order valence-electron chi connectivity index (χ4n) is 7.64. The number of aromatic nitrogens is 2. The lowest BCUT2D eigenvalue weighted by atomic mass is 9.90. The van der Waals surface area contributed by atoms with Crippen LogP contribution in [0.25, 0.3) is 88.0 Å². The van der Waals surface area contributed by atoms with E-state index in [0.29, 0.717) is 5.92 Å². The fraction of sp³-hybridized carbons (Fsp3) is 0.0435. The first-order valence-corrected chi connectivity index (χ1v) is 16.8. The van der Waals surface area contributed by atoms with Crippen LogP contribution < -0.4 is 0 Å². The fourth-order valence-corrected chi connectivity index (χ4v) is 7.64. The molecule has 0 fully saturated rings. The maximum atomic E-state index is 6.84. The summed E-state index contributed by atoms with van der Waals surface area (Å²) in [6.07, 6.45) is 11.7. The van der Waals surface area contributed by atoms with Gasteiger partial charge < -0.3 is 4.42 Å². The molecule has 0 spiro atoms. The van der Waals surface area contributed by atoms with Gasteiger partial charge in [-0.15, -0.1) is 0 Å². The minimum Gasteiger partial charge on any atom is -0.455 e. The predicted molar refractivity (Wildman–Crippen MR) is 204 cm³/mol. The summed E-state index contributed by atoms with van der Waals surface area (Å²) in [6.45, 7) is 0. The standard InChI is InChI=1S/C46H30N2O/c1-3-13-29(14-4-1)34-23-12-24-39-41-27-33(26-40(46(41)49-45(34)39)30-15-5-2-6-16-30)31-17-11-18-32(25-31)42-28-47-43-37-21-9-7-19-35(37)36-20-8-10-22-38(36)44(43)48-42/h1-13,15-29H,14H2. The lowest BCUT2D eigenvalue weighted by molar-refractivity contribution is 0.658. The van der Waals surface area contributed by atoms with Crippen LogP contribution in [0, 0.1) is 0 Å². The number of fused-ring (bicyclic) bond motifs is 9. The smallest absolute Gasteiger partial charge is 0.143 e. The summed E-state index contributed by atoms with van der Waals surface area (Å²) in [5.41, 5.74) is 11.3. The van der Waals surface area contributed by atoms with Gasteiger partial charge in [-0.3, -0.25) is 4.98 Å². The number of hydrogen-bond donors (Lipinski definition) is 0. The number of para-hydroxylation sites is 1. The quantitative estimate of drug-likeness (QED) is 0.182. The van der Waals surface area contributed by atoms with E-state index in [-0.39, 0.29) is 0 Å². The highest BCUT2D eigenvalue weighted by Gasteiger charge is 2.20. The second-order valence-corrected chi connectivity index (χ2v) is 12.9. The van der Waals surface area contributed by atoms with Gasteiger partial charge in [-0.05, 0) is 52.1 Å². The highest BCUT2D eigenvalue weighted by Crippen LogP contribution is 2.43. The van der Waals surface area contributed by atoms with Crippen molar-refractivity contribution in [1.29, 1.82) is 0 Å². The van der Waals surface area contributed by atoms with E-state index in [4.69, 9.17) is 14.4 Å². The van der Waals surface area contributed by atoms with Gasteiger partial charge in [-0.1, -0.05) is 140 Å². The number of nitrogens with zero attached hydrogens (tertiary/aromatic N) is 2. The minimum atomic E-state index is 0.295. The van der Waals surface area contributed by atoms with E-state index in [1.807, 2.05) is 6.20 Å². The molecule has 3 nitrogen and oxygen atoms in total. The lowest BCUT2D eigenvalue weighted by Gasteiger charge is -2.13. The lowest BCUT2D eigenvalue weighted by Crippen LogP contribution is -1.96. The van der Waals surface area contributed by atoms with Gasteiger partial charge in [0, 0.05) is 44.2 Å². The third kappa shape index (κ3) is 4.51. The Morgan fingerprint density at radius 3 is 2.00 bits per heavy atom. The maximum Gasteiger partial charge on any atom is 0.143 e. The van der Waals surface area contributed by atoms with Gasteiger partial charge in [0.2, 0.25) is 0 Å². The zero-order valence-corrected chi connectivity index (χ0v) is 26.7. The molecule has 0 radical (unpaired) electrons. The van der Waals surface area contributed by atoms with Crippen molar-refractivity contribution in [3.63, 3.8) is 0 Å². The van der Waals surface area contributed by atoms with Crippen molar-refractivity contribution >= 4 is 54.5 Å². The summed E-state index contributed by atoms with van der Waals surface area (Å²) in [7, 11) is 0. The number of rotatable bonds is 4. The van der Waals surface area contributed by atoms with E-state index >= 15 is 0 Å². The van der Waals surface area contributed by atoms with E-state index in [1.54, 1.807) is 0 Å². The van der Waals surface area contributed by atoms with Gasteiger partial charge in [0.1, 0.15) is 11.2 Å². The van der Waals surface area contributed by atoms with E-state index in [0.717, 1.165) is 83.7 Å². The Hall–Kier alpha value is -6.32. The Morgan fingerprint density at radius 2 is 1.20 bits per heavy atom. The maximum absolute atomic E-state index is 6.84. The Labute approximate surface area is 283 Å². The molecule has 49 heavy (non-hydrogen) atoms. The molecule has 2 heterocycles. The molecule has 1 aliphatic carbocycles. The minimum absolute atomic E-state index is 0.295. The molecule has 0 saturated carbocycles. The van der Waals surface area contributed by atoms with Crippen LogP contribution >= 0.6 is 0 Å². The highest BCUT2D eigenvalue weighted by atomic mass is 16.3. The van der Waals surface area contributed by atoms with E-state index < -0.39 is 0 Å². The van der Waals surface area contributed by atoms with Gasteiger partial charge in [0.15, 0.2) is 0 Å². The Kier molecular flexibility index (Phi) is 6.31. The third-order valence-corrected chi connectivity index (χ3v) is 10.0. The molecule has 2 aromatic heterocycles. The molecule has 0 bridgehead atoms. The first-order chi connectivity index (χ1) is 24.3. The molecule has 3 heteroatoms. The predicted octanol–water partition coefficient (Wildman–Crippen LogP) is 12.4. The van der Waals surface area contributed by atoms with Gasteiger partial charge in [0.05, 0.1) is 22.9 Å². The zero-order valence-electron chi connectivity index (χ0n) is 26.7. The van der Waals surface area contributed by atoms with Crippen molar-refractivity contribution in [2.75, 3.05) is 0 Å². The molecule has 1 atom stereocenters. The molecule has 10 rings (SSSR count). The molecule has 7 aromatic carbocycles. The van der Waals surface area contributed by atoms with Crippen molar-refractivity contribution in [2.45, 2.75) is 12.3 Å². The summed E-state index contributed by atoms with van der Waals surface area (Å²) in [5, 5.41) is 6.90. The molecule has 1 aliphatic rings. The van der Waals surface area contributed by atoms with Crippen LogP contribution in [-0.2, 0) is 0 Å². The van der Waals surface area contributed by atoms with Crippen molar-refractivity contribution in [2.24, 2.45) is 0 Å². The molecule has 0 N–H and O–H groups in total. The molecular formula is C46H30N2O. The van der Waals surface area contributed by atoms with Gasteiger partial charge in [-0.25, -0.2) is 4.98 Å². The van der Waals surface area contributed by atoms with Crippen molar-refractivity contribution in [3.8, 4) is 33.5 Å². The van der Waals surface area contributed by atoms with Crippen LogP contribution in [0.5, 0.6) is 0 Å². The summed E-state index contributed by atoms with van der Waals surface area (Å²) in [6, 6.07) is 47.4. The summed E-state index contributed by atoms with van der Waals surface area (Å²) in [4.78, 5) is 10.3. The molecule has 230 valence electrons. The molecule has 0 saturated heterocycles. The number of hydrogen-bond acceptors (Lipinski definition) is 3. The zero-order chi connectivity index (χ0) is 32.3. The second-order valence-electron chi connectivity index (χ2n) is 12.9. The van der Waals surface area contributed by atoms with Crippen molar-refractivity contribution in [3.05, 3.63) is 170 Å². The summed E-state index contributed by atoms with van der Waals surface area (Å²) in [5.74, 6) is 0.295. The van der Waals surface area contributed by atoms with Crippen LogP contribution in [0.1, 0.15) is 17.9 Å². The summed E-state index contributed by atoms with van der Waals surface area (Å²) < 4.78 is 6.84. The van der Waals surface area contributed by atoms with E-state index in [2.05, 4.69) is 158 Å². The third-order valence-electron chi connectivity index (χ3n) is 10.0. The highest BCUT2D eigenvalue weighted by molar-refractivity contribution is 6.23. The van der Waals surface area contributed by atoms with Gasteiger partial charge >= 0.3 is 0 Å². The van der Waals surface area contributed by atoms with Crippen LogP contribution in [0.4, 0.5) is 0 Å². The average molecular weight is 627 g/mol. The van der Waals surface area contributed by atoms with Crippen LogP contribution in [-0.4, -0.2) is 9.97 Å². The average Bonchev–Trinajstić information content (AvgIpc) is 3.57. The van der Waals surface area contributed by atoms with E-state index in [1.165, 1.54) is 16.3 Å². The number of furan rings is 1. The topological polar surface area (TPSA) is 38.9 Å². The Bertz CT molecular complexity index is 2770. The number of benzene rings is 7. The van der Waals surface area contributed by atoms with Crippen molar-refractivity contribution < 1.29 is 4.42 Å². The van der Waals surface area contributed by atoms with Gasteiger partial charge in [-0.2, -0.15) is 0 Å². The summed E-state index contributed by atoms with van der Waals surface area (Å²) >= 11 is 0. The first kappa shape index (κ1) is 27.8. The second kappa shape index (κ2) is 11.1. The normalized spacial score (nSPS) is 14.5. The van der Waals surface area contributed by atoms with E-state index in [9.17, 15) is 0 Å². The SMILES string of the molecule is C1=CCC(c2cccc3c2oc2c(-c4ccccc4)cc(-c4cccc(-c5cnc6c7ccccc7c7ccccc7c6n5)c4)cc23)C=C1. The van der Waals surface area contributed by atoms with Crippen LogP contribution in [0.15, 0.2) is 168 Å². The van der Waals surface area contributed by atoms with Crippen molar-refractivity contribution in [1.82, 2.24) is 9.97 Å². The van der Waals surface area contributed by atoms with Crippen LogP contribution in [0.2, 0.25) is 0 Å². The monoisotopic (exact) mass is 626 g/mol. The number of allylic oxidation sites excluding steroid dienone is 4. The van der Waals surface area contributed by atoms with Crippen LogP contribution in [0.3, 0.4) is 0 Å². The first-order valence-electron chi connectivity index (χ1n) is 16.8. The Morgan fingerprint density at radius 1 is 0.510 bits per heavy atom. The molecule has 1 unspecified atom stereocenters. The molecule has 0 aliphatic heterocycles. The molecular weight excluding hydrogens is 597 g/mol. The Balaban J connectivity index is 1.16. The largest absolute Gasteiger partial charge is 0.455 e.